The summed E-state index contributed by atoms with van der Waals surface area (Å²) in [6.07, 6.45) is 7.24. The molecule has 3 rings (SSSR count). The predicted octanol–water partition coefficient (Wildman–Crippen LogP) is 2.00. The Morgan fingerprint density at radius 1 is 1.45 bits per heavy atom. The summed E-state index contributed by atoms with van der Waals surface area (Å²) in [6.45, 7) is 2.62. The summed E-state index contributed by atoms with van der Waals surface area (Å²) in [5, 5.41) is 11.5. The smallest absolute Gasteiger partial charge is 0.287 e. The minimum atomic E-state index is -0.199. The number of hydrogen-bond acceptors (Lipinski definition) is 4. The van der Waals surface area contributed by atoms with E-state index in [1.165, 1.54) is 17.5 Å². The molecule has 0 spiro atoms. The molecule has 1 aromatic rings. The van der Waals surface area contributed by atoms with Crippen LogP contribution in [0.15, 0.2) is 11.0 Å². The van der Waals surface area contributed by atoms with Crippen LogP contribution < -0.4 is 16.2 Å². The van der Waals surface area contributed by atoms with Gasteiger partial charge in [-0.15, -0.1) is 0 Å². The van der Waals surface area contributed by atoms with Crippen molar-refractivity contribution < 1.29 is 0 Å². The highest BCUT2D eigenvalue weighted by atomic mass is 35.5. The fourth-order valence-corrected chi connectivity index (χ4v) is 3.53. The van der Waals surface area contributed by atoms with Crippen molar-refractivity contribution in [1.29, 1.82) is 0 Å². The molecule has 1 aromatic heterocycles. The van der Waals surface area contributed by atoms with Gasteiger partial charge in [0, 0.05) is 24.7 Å². The van der Waals surface area contributed by atoms with Gasteiger partial charge in [0.1, 0.15) is 5.02 Å². The summed E-state index contributed by atoms with van der Waals surface area (Å²) in [6, 6.07) is 1.60. The fourth-order valence-electron chi connectivity index (χ4n) is 3.33. The zero-order valence-corrected chi connectivity index (χ0v) is 12.5. The summed E-state index contributed by atoms with van der Waals surface area (Å²) in [5.74, 6) is 0. The normalized spacial score (nSPS) is 28.6. The molecular formula is C14H21ClN4O. The highest BCUT2D eigenvalue weighted by Crippen LogP contribution is 2.29. The number of piperidine rings is 1. The van der Waals surface area contributed by atoms with Crippen molar-refractivity contribution in [3.05, 3.63) is 21.6 Å². The first-order valence-corrected chi connectivity index (χ1v) is 7.83. The lowest BCUT2D eigenvalue weighted by molar-refractivity contribution is 0.378. The summed E-state index contributed by atoms with van der Waals surface area (Å²) in [5.41, 5.74) is 0.478. The molecule has 2 bridgehead atoms. The largest absolute Gasteiger partial charge is 0.380 e. The average Bonchev–Trinajstić information content (AvgIpc) is 2.78. The van der Waals surface area contributed by atoms with Gasteiger partial charge in [0.15, 0.2) is 0 Å². The highest BCUT2D eigenvalue weighted by Gasteiger charge is 2.33. The van der Waals surface area contributed by atoms with E-state index in [1.807, 2.05) is 6.92 Å². The first-order chi connectivity index (χ1) is 9.67. The van der Waals surface area contributed by atoms with E-state index in [0.717, 1.165) is 19.3 Å². The molecule has 20 heavy (non-hydrogen) atoms. The third-order valence-electron chi connectivity index (χ3n) is 4.25. The van der Waals surface area contributed by atoms with E-state index in [9.17, 15) is 4.79 Å². The molecule has 0 aliphatic carbocycles. The van der Waals surface area contributed by atoms with E-state index in [0.29, 0.717) is 30.4 Å². The van der Waals surface area contributed by atoms with Crippen LogP contribution in [0, 0.1) is 0 Å². The molecule has 2 aliphatic heterocycles. The van der Waals surface area contributed by atoms with Gasteiger partial charge < -0.3 is 10.6 Å². The SMILES string of the molecule is CCCn1ncc(NC2CC3CCC(C2)N3)c(Cl)c1=O. The number of halogens is 1. The second kappa shape index (κ2) is 5.74. The molecule has 2 fully saturated rings. The van der Waals surface area contributed by atoms with Crippen LogP contribution in [0.1, 0.15) is 39.0 Å². The lowest BCUT2D eigenvalue weighted by atomic mass is 10.00. The van der Waals surface area contributed by atoms with Crippen molar-refractivity contribution in [2.24, 2.45) is 0 Å². The zero-order valence-electron chi connectivity index (χ0n) is 11.7. The molecule has 2 unspecified atom stereocenters. The van der Waals surface area contributed by atoms with Crippen LogP contribution in [0.3, 0.4) is 0 Å². The standard InChI is InChI=1S/C14H21ClN4O/c1-2-5-19-14(20)13(15)12(8-16-19)18-11-6-9-3-4-10(7-11)17-9/h8-11,17-18H,2-7H2,1H3. The Bertz CT molecular complexity index is 532. The number of hydrogen-bond donors (Lipinski definition) is 2. The van der Waals surface area contributed by atoms with E-state index in [1.54, 1.807) is 6.20 Å². The molecule has 0 amide bonds. The monoisotopic (exact) mass is 296 g/mol. The van der Waals surface area contributed by atoms with Crippen LogP contribution in [0.4, 0.5) is 5.69 Å². The second-order valence-electron chi connectivity index (χ2n) is 5.85. The fraction of sp³-hybridized carbons (Fsp3) is 0.714. The Hall–Kier alpha value is -1.07. The lowest BCUT2D eigenvalue weighted by Gasteiger charge is -2.30. The third kappa shape index (κ3) is 2.69. The number of nitrogens with one attached hydrogen (secondary N) is 2. The van der Waals surface area contributed by atoms with Crippen LogP contribution >= 0.6 is 11.6 Å². The number of aromatic nitrogens is 2. The molecule has 6 heteroatoms. The first kappa shape index (κ1) is 13.9. The van der Waals surface area contributed by atoms with Crippen molar-refractivity contribution >= 4 is 17.3 Å². The number of nitrogens with zero attached hydrogens (tertiary/aromatic N) is 2. The Balaban J connectivity index is 1.74. The summed E-state index contributed by atoms with van der Waals surface area (Å²) in [4.78, 5) is 12.1. The van der Waals surface area contributed by atoms with Gasteiger partial charge in [-0.25, -0.2) is 4.68 Å². The van der Waals surface area contributed by atoms with Gasteiger partial charge >= 0.3 is 0 Å². The lowest BCUT2D eigenvalue weighted by Crippen LogP contribution is -2.43. The van der Waals surface area contributed by atoms with Gasteiger partial charge in [-0.05, 0) is 32.1 Å². The topological polar surface area (TPSA) is 59.0 Å². The van der Waals surface area contributed by atoms with Gasteiger partial charge in [0.05, 0.1) is 11.9 Å². The Kier molecular flexibility index (Phi) is 3.98. The van der Waals surface area contributed by atoms with E-state index < -0.39 is 0 Å². The molecule has 5 nitrogen and oxygen atoms in total. The van der Waals surface area contributed by atoms with Crippen molar-refractivity contribution in [3.63, 3.8) is 0 Å². The Morgan fingerprint density at radius 3 is 2.80 bits per heavy atom. The summed E-state index contributed by atoms with van der Waals surface area (Å²) < 4.78 is 1.43. The van der Waals surface area contributed by atoms with Crippen LogP contribution in [0.5, 0.6) is 0 Å². The van der Waals surface area contributed by atoms with E-state index in [2.05, 4.69) is 15.7 Å². The molecule has 2 saturated heterocycles. The van der Waals surface area contributed by atoms with Crippen LogP contribution in [-0.4, -0.2) is 27.9 Å². The molecule has 2 N–H and O–H groups in total. The first-order valence-electron chi connectivity index (χ1n) is 7.45. The van der Waals surface area contributed by atoms with Crippen LogP contribution in [0.2, 0.25) is 5.02 Å². The number of anilines is 1. The molecular weight excluding hydrogens is 276 g/mol. The second-order valence-corrected chi connectivity index (χ2v) is 6.23. The third-order valence-corrected chi connectivity index (χ3v) is 4.62. The zero-order chi connectivity index (χ0) is 14.1. The maximum absolute atomic E-state index is 12.1. The van der Waals surface area contributed by atoms with Crippen LogP contribution in [0.25, 0.3) is 0 Å². The highest BCUT2D eigenvalue weighted by molar-refractivity contribution is 6.32. The Morgan fingerprint density at radius 2 is 2.15 bits per heavy atom. The van der Waals surface area contributed by atoms with Crippen molar-refractivity contribution in [3.8, 4) is 0 Å². The van der Waals surface area contributed by atoms with Gasteiger partial charge in [-0.3, -0.25) is 4.79 Å². The molecule has 2 aliphatic rings. The van der Waals surface area contributed by atoms with E-state index >= 15 is 0 Å². The molecule has 0 saturated carbocycles. The minimum Gasteiger partial charge on any atom is -0.380 e. The van der Waals surface area contributed by atoms with Gasteiger partial charge in [-0.2, -0.15) is 5.10 Å². The van der Waals surface area contributed by atoms with E-state index in [-0.39, 0.29) is 10.6 Å². The molecule has 0 aromatic carbocycles. The average molecular weight is 297 g/mol. The predicted molar refractivity (Wildman–Crippen MR) is 80.4 cm³/mol. The van der Waals surface area contributed by atoms with Gasteiger partial charge in [0.25, 0.3) is 5.56 Å². The molecule has 0 radical (unpaired) electrons. The summed E-state index contributed by atoms with van der Waals surface area (Å²) in [7, 11) is 0. The van der Waals surface area contributed by atoms with Gasteiger partial charge in [-0.1, -0.05) is 18.5 Å². The summed E-state index contributed by atoms with van der Waals surface area (Å²) >= 11 is 6.19. The van der Waals surface area contributed by atoms with Crippen molar-refractivity contribution in [2.45, 2.75) is 63.7 Å². The number of rotatable bonds is 4. The maximum Gasteiger partial charge on any atom is 0.287 e. The van der Waals surface area contributed by atoms with Crippen LogP contribution in [-0.2, 0) is 6.54 Å². The van der Waals surface area contributed by atoms with Crippen molar-refractivity contribution in [1.82, 2.24) is 15.1 Å². The minimum absolute atomic E-state index is 0.199. The van der Waals surface area contributed by atoms with Crippen molar-refractivity contribution in [2.75, 3.05) is 5.32 Å². The number of aryl methyl sites for hydroxylation is 1. The van der Waals surface area contributed by atoms with Gasteiger partial charge in [0.2, 0.25) is 0 Å². The molecule has 110 valence electrons. The Labute approximate surface area is 123 Å². The molecule has 3 heterocycles. The maximum atomic E-state index is 12.1. The van der Waals surface area contributed by atoms with E-state index in [4.69, 9.17) is 11.6 Å². The number of fused-ring (bicyclic) bond motifs is 2. The quantitative estimate of drug-likeness (QED) is 0.892. The molecule has 2 atom stereocenters.